The van der Waals surface area contributed by atoms with Gasteiger partial charge in [0.2, 0.25) is 11.0 Å². The van der Waals surface area contributed by atoms with E-state index in [1.54, 1.807) is 19.2 Å². The summed E-state index contributed by atoms with van der Waals surface area (Å²) in [5.74, 6) is -1.23. The maximum atomic E-state index is 13.8. The van der Waals surface area contributed by atoms with Crippen LogP contribution in [0.2, 0.25) is 0 Å². The molecule has 0 fully saturated rings. The number of methoxy groups -OCH3 is 1. The van der Waals surface area contributed by atoms with Gasteiger partial charge in [-0.15, -0.1) is 10.2 Å². The fourth-order valence-corrected chi connectivity index (χ4v) is 3.68. The molecule has 0 unspecified atom stereocenters. The van der Waals surface area contributed by atoms with Crippen LogP contribution in [0, 0.1) is 11.6 Å². The number of urea groups is 1. The molecule has 2 N–H and O–H groups in total. The average molecular weight is 476 g/mol. The van der Waals surface area contributed by atoms with Crippen LogP contribution in [0.4, 0.5) is 24.4 Å². The predicted octanol–water partition coefficient (Wildman–Crippen LogP) is 4.76. The van der Waals surface area contributed by atoms with E-state index in [1.807, 2.05) is 19.1 Å². The highest BCUT2D eigenvalue weighted by Gasteiger charge is 2.17. The van der Waals surface area contributed by atoms with E-state index in [-0.39, 0.29) is 24.6 Å². The van der Waals surface area contributed by atoms with Gasteiger partial charge in [-0.1, -0.05) is 18.3 Å². The van der Waals surface area contributed by atoms with Gasteiger partial charge in [-0.25, -0.2) is 13.6 Å². The molecule has 1 aromatic heterocycles. The van der Waals surface area contributed by atoms with E-state index in [0.29, 0.717) is 29.2 Å². The molecule has 0 aliphatic heterocycles. The number of carbonyl (C=O) groups is 2. The molecule has 0 aliphatic carbocycles. The molecular weight excluding hydrogens is 452 g/mol. The summed E-state index contributed by atoms with van der Waals surface area (Å²) in [5.41, 5.74) is 0.708. The fraction of sp³-hybridized carbons (Fsp3) is 0.273. The van der Waals surface area contributed by atoms with E-state index in [2.05, 4.69) is 20.8 Å². The molecule has 3 rings (SSSR count). The summed E-state index contributed by atoms with van der Waals surface area (Å²) in [4.78, 5) is 26.3. The number of hydrogen-bond donors (Lipinski definition) is 2. The van der Waals surface area contributed by atoms with Crippen molar-refractivity contribution in [2.45, 2.75) is 19.8 Å². The Morgan fingerprint density at radius 3 is 2.48 bits per heavy atom. The number of hydrogen-bond acceptors (Lipinski definition) is 6. The van der Waals surface area contributed by atoms with Gasteiger partial charge >= 0.3 is 6.03 Å². The Labute approximate surface area is 193 Å². The van der Waals surface area contributed by atoms with Crippen LogP contribution >= 0.6 is 11.3 Å². The first kappa shape index (κ1) is 24.1. The Hall–Kier alpha value is -3.60. The van der Waals surface area contributed by atoms with Crippen molar-refractivity contribution in [2.24, 2.45) is 0 Å². The summed E-state index contributed by atoms with van der Waals surface area (Å²) in [6.07, 6.45) is 0.652. The van der Waals surface area contributed by atoms with Gasteiger partial charge in [-0.05, 0) is 42.8 Å². The number of amides is 3. The Kier molecular flexibility index (Phi) is 8.25. The van der Waals surface area contributed by atoms with Crippen molar-refractivity contribution in [3.05, 3.63) is 54.1 Å². The number of aromatic nitrogens is 2. The summed E-state index contributed by atoms with van der Waals surface area (Å²) in [7, 11) is 1.58. The van der Waals surface area contributed by atoms with Gasteiger partial charge in [0, 0.05) is 31.1 Å². The zero-order valence-electron chi connectivity index (χ0n) is 18.1. The molecule has 11 heteroatoms. The van der Waals surface area contributed by atoms with E-state index < -0.39 is 17.7 Å². The molecule has 33 heavy (non-hydrogen) atoms. The lowest BCUT2D eigenvalue weighted by molar-refractivity contribution is -0.116. The number of anilines is 2. The van der Waals surface area contributed by atoms with Gasteiger partial charge in [0.05, 0.1) is 12.8 Å². The molecule has 0 bridgehead atoms. The average Bonchev–Trinajstić information content (AvgIpc) is 3.26. The molecule has 0 saturated heterocycles. The molecular formula is C22H23F2N5O3S. The quantitative estimate of drug-likeness (QED) is 0.465. The summed E-state index contributed by atoms with van der Waals surface area (Å²) < 4.78 is 32.0. The molecule has 0 radical (unpaired) electrons. The van der Waals surface area contributed by atoms with Gasteiger partial charge in [-0.2, -0.15) is 0 Å². The summed E-state index contributed by atoms with van der Waals surface area (Å²) in [6, 6.07) is 9.61. The Balaban J connectivity index is 1.55. The SMILES string of the molecule is CCCN(CCC(=O)Nc1nnc(-c2ccc(OC)cc2)s1)C(=O)Nc1ccc(F)cc1F. The molecule has 0 atom stereocenters. The molecule has 1 heterocycles. The summed E-state index contributed by atoms with van der Waals surface area (Å²) in [5, 5.41) is 14.1. The van der Waals surface area contributed by atoms with Crippen LogP contribution in [0.1, 0.15) is 19.8 Å². The van der Waals surface area contributed by atoms with Crippen molar-refractivity contribution in [1.82, 2.24) is 15.1 Å². The lowest BCUT2D eigenvalue weighted by atomic mass is 10.2. The largest absolute Gasteiger partial charge is 0.497 e. The number of carbonyl (C=O) groups excluding carboxylic acids is 2. The lowest BCUT2D eigenvalue weighted by Gasteiger charge is -2.22. The molecule has 3 aromatic rings. The van der Waals surface area contributed by atoms with Gasteiger partial charge in [0.15, 0.2) is 0 Å². The number of nitrogens with one attached hydrogen (secondary N) is 2. The first-order valence-corrected chi connectivity index (χ1v) is 11.0. The third kappa shape index (κ3) is 6.69. The smallest absolute Gasteiger partial charge is 0.321 e. The van der Waals surface area contributed by atoms with Crippen molar-refractivity contribution in [3.8, 4) is 16.3 Å². The molecule has 174 valence electrons. The Morgan fingerprint density at radius 1 is 1.06 bits per heavy atom. The zero-order chi connectivity index (χ0) is 23.8. The normalized spacial score (nSPS) is 10.5. The minimum atomic E-state index is -0.874. The third-order valence-electron chi connectivity index (χ3n) is 4.57. The number of halogens is 2. The molecule has 2 aromatic carbocycles. The van der Waals surface area contributed by atoms with Gasteiger partial charge in [0.1, 0.15) is 22.4 Å². The van der Waals surface area contributed by atoms with E-state index in [0.717, 1.165) is 23.4 Å². The first-order chi connectivity index (χ1) is 15.9. The highest BCUT2D eigenvalue weighted by molar-refractivity contribution is 7.18. The van der Waals surface area contributed by atoms with Crippen LogP contribution in [0.15, 0.2) is 42.5 Å². The van der Waals surface area contributed by atoms with Crippen LogP contribution in [0.5, 0.6) is 5.75 Å². The highest BCUT2D eigenvalue weighted by Crippen LogP contribution is 2.27. The van der Waals surface area contributed by atoms with Gasteiger partial charge in [-0.3, -0.25) is 4.79 Å². The topological polar surface area (TPSA) is 96.5 Å². The number of rotatable bonds is 9. The van der Waals surface area contributed by atoms with E-state index in [4.69, 9.17) is 4.74 Å². The van der Waals surface area contributed by atoms with Crippen LogP contribution in [-0.2, 0) is 4.79 Å². The highest BCUT2D eigenvalue weighted by atomic mass is 32.1. The molecule has 0 aliphatic rings. The van der Waals surface area contributed by atoms with Crippen LogP contribution < -0.4 is 15.4 Å². The van der Waals surface area contributed by atoms with Crippen molar-refractivity contribution in [1.29, 1.82) is 0 Å². The number of nitrogens with zero attached hydrogens (tertiary/aromatic N) is 3. The van der Waals surface area contributed by atoms with Crippen LogP contribution in [0.3, 0.4) is 0 Å². The second-order valence-electron chi connectivity index (χ2n) is 6.98. The molecule has 8 nitrogen and oxygen atoms in total. The Bertz CT molecular complexity index is 1110. The second kappa shape index (κ2) is 11.3. The first-order valence-electron chi connectivity index (χ1n) is 10.2. The molecule has 3 amide bonds. The fourth-order valence-electron chi connectivity index (χ4n) is 2.91. The number of ether oxygens (including phenoxy) is 1. The van der Waals surface area contributed by atoms with Crippen LogP contribution in [0.25, 0.3) is 10.6 Å². The predicted molar refractivity (Wildman–Crippen MR) is 122 cm³/mol. The van der Waals surface area contributed by atoms with E-state index in [1.165, 1.54) is 16.2 Å². The van der Waals surface area contributed by atoms with Gasteiger partial charge in [0.25, 0.3) is 0 Å². The monoisotopic (exact) mass is 475 g/mol. The van der Waals surface area contributed by atoms with Gasteiger partial charge < -0.3 is 20.3 Å². The maximum Gasteiger partial charge on any atom is 0.321 e. The lowest BCUT2D eigenvalue weighted by Crippen LogP contribution is -2.37. The molecule has 0 spiro atoms. The standard InChI is InChI=1S/C22H23F2N5O3S/c1-3-11-29(22(31)25-18-9-6-15(23)13-17(18)24)12-10-19(30)26-21-28-27-20(33-21)14-4-7-16(32-2)8-5-14/h4-9,13H,3,10-12H2,1-2H3,(H,25,31)(H,26,28,30). The second-order valence-corrected chi connectivity index (χ2v) is 7.96. The van der Waals surface area contributed by atoms with Crippen LogP contribution in [-0.4, -0.2) is 47.2 Å². The zero-order valence-corrected chi connectivity index (χ0v) is 18.9. The molecule has 0 saturated carbocycles. The van der Waals surface area contributed by atoms with Crippen molar-refractivity contribution in [3.63, 3.8) is 0 Å². The maximum absolute atomic E-state index is 13.8. The van der Waals surface area contributed by atoms with Crippen molar-refractivity contribution in [2.75, 3.05) is 30.8 Å². The van der Waals surface area contributed by atoms with Crippen molar-refractivity contribution < 1.29 is 23.1 Å². The minimum Gasteiger partial charge on any atom is -0.497 e. The van der Waals surface area contributed by atoms with E-state index in [9.17, 15) is 18.4 Å². The van der Waals surface area contributed by atoms with E-state index >= 15 is 0 Å². The third-order valence-corrected chi connectivity index (χ3v) is 5.46. The summed E-state index contributed by atoms with van der Waals surface area (Å²) >= 11 is 1.22. The minimum absolute atomic E-state index is 0.0107. The Morgan fingerprint density at radius 2 is 1.82 bits per heavy atom. The summed E-state index contributed by atoms with van der Waals surface area (Å²) in [6.45, 7) is 2.35. The van der Waals surface area contributed by atoms with Crippen molar-refractivity contribution >= 4 is 34.1 Å². The number of benzene rings is 2.